The van der Waals surface area contributed by atoms with E-state index in [1.165, 1.54) is 56.2 Å². The van der Waals surface area contributed by atoms with Crippen molar-refractivity contribution in [3.63, 3.8) is 0 Å². The average molecular weight is 440 g/mol. The Hall–Kier alpha value is -1.10. The summed E-state index contributed by atoms with van der Waals surface area (Å²) in [6.45, 7) is 5.64. The number of aliphatic hydroxyl groups is 2. The molecule has 1 aromatic carbocycles. The van der Waals surface area contributed by atoms with Crippen molar-refractivity contribution in [2.75, 3.05) is 18.5 Å². The number of hydrogen-bond donors (Lipinski definition) is 2. The number of unbranched alkanes of at least 4 members (excludes halogenated alkanes) is 5. The normalized spacial score (nSPS) is 47.2. The standard InChI is InChI=1S/C28H43N2O2/c1-4-6-7-8-9-12-15-30-22-16-19(18(5-2)27(30)32)24-23(30)17-28(26(24)31)20-13-10-11-14-21(20)29(3)25(22)28/h10-11,13-14,18-19,22-27,31-32H,4-9,12,15-17H2,1-3H3/q+1/t18-,19-,22-,23-,24+,25-,26-,27+,28-,30+/m0/s1. The second-order valence-electron chi connectivity index (χ2n) is 11.8. The first-order valence-electron chi connectivity index (χ1n) is 13.6. The number of benzene rings is 1. The molecule has 10 atom stereocenters. The second-order valence-corrected chi connectivity index (χ2v) is 11.8. The van der Waals surface area contributed by atoms with Gasteiger partial charge in [0.15, 0.2) is 6.23 Å². The van der Waals surface area contributed by atoms with Gasteiger partial charge in [-0.1, -0.05) is 57.7 Å². The van der Waals surface area contributed by atoms with E-state index in [1.807, 2.05) is 0 Å². The second kappa shape index (κ2) is 7.45. The van der Waals surface area contributed by atoms with E-state index in [4.69, 9.17) is 0 Å². The Balaban J connectivity index is 1.41. The fourth-order valence-corrected chi connectivity index (χ4v) is 10.0. The number of quaternary nitrogens is 1. The number of likely N-dealkylation sites (N-methyl/N-ethyl adjacent to an activating group) is 1. The van der Waals surface area contributed by atoms with Gasteiger partial charge < -0.3 is 15.1 Å². The molecule has 0 amide bonds. The summed E-state index contributed by atoms with van der Waals surface area (Å²) in [6, 6.07) is 10.1. The van der Waals surface area contributed by atoms with Crippen LogP contribution in [0.25, 0.3) is 0 Å². The molecule has 5 fully saturated rings. The SMILES string of the molecule is CCCCCCCC[N@@+]12[C@H](O)[C@@H](CC)[C@@H]3C[C@H]1[C@@H]1N(C)c4ccccc4[C@@]14C[C@H]2[C@@H]3[C@@H]4O. The van der Waals surface area contributed by atoms with Crippen LogP contribution in [0.4, 0.5) is 5.69 Å². The predicted octanol–water partition coefficient (Wildman–Crippen LogP) is 4.43. The highest BCUT2D eigenvalue weighted by Crippen LogP contribution is 2.71. The fraction of sp³-hybridized carbons (Fsp3) is 0.786. The summed E-state index contributed by atoms with van der Waals surface area (Å²) in [5.74, 6) is 1.18. The highest BCUT2D eigenvalue weighted by molar-refractivity contribution is 5.66. The van der Waals surface area contributed by atoms with Crippen LogP contribution in [-0.2, 0) is 5.41 Å². The highest BCUT2D eigenvalue weighted by atomic mass is 16.3. The van der Waals surface area contributed by atoms with Crippen molar-refractivity contribution in [2.45, 2.75) is 108 Å². The van der Waals surface area contributed by atoms with E-state index < -0.39 is 0 Å². The third kappa shape index (κ3) is 2.35. The maximum absolute atomic E-state index is 12.1. The molecule has 4 nitrogen and oxygen atoms in total. The number of para-hydroxylation sites is 1. The molecule has 32 heavy (non-hydrogen) atoms. The monoisotopic (exact) mass is 439 g/mol. The van der Waals surface area contributed by atoms with Gasteiger partial charge in [0, 0.05) is 37.4 Å². The molecule has 5 bridgehead atoms. The summed E-state index contributed by atoms with van der Waals surface area (Å²) < 4.78 is 0.898. The molecule has 2 N–H and O–H groups in total. The lowest BCUT2D eigenvalue weighted by Gasteiger charge is -2.68. The summed E-state index contributed by atoms with van der Waals surface area (Å²) in [7, 11) is 2.26. The minimum absolute atomic E-state index is 0.134. The maximum atomic E-state index is 12.1. The van der Waals surface area contributed by atoms with Crippen LogP contribution < -0.4 is 4.90 Å². The van der Waals surface area contributed by atoms with Crippen LogP contribution in [0.1, 0.15) is 77.2 Å². The Morgan fingerprint density at radius 3 is 2.56 bits per heavy atom. The predicted molar refractivity (Wildman–Crippen MR) is 128 cm³/mol. The van der Waals surface area contributed by atoms with Gasteiger partial charge in [0.1, 0.15) is 6.04 Å². The Morgan fingerprint density at radius 1 is 1.03 bits per heavy atom. The summed E-state index contributed by atoms with van der Waals surface area (Å²) in [5.41, 5.74) is 2.58. The lowest BCUT2D eigenvalue weighted by atomic mass is 9.60. The van der Waals surface area contributed by atoms with Gasteiger partial charge in [0.25, 0.3) is 0 Å². The Kier molecular flexibility index (Phi) is 4.99. The van der Waals surface area contributed by atoms with Crippen molar-refractivity contribution in [2.24, 2.45) is 17.8 Å². The molecule has 4 heteroatoms. The average Bonchev–Trinajstić information content (AvgIpc) is 3.19. The number of fused-ring (bicyclic) bond motifs is 2. The van der Waals surface area contributed by atoms with Crippen LogP contribution >= 0.6 is 0 Å². The van der Waals surface area contributed by atoms with Gasteiger partial charge >= 0.3 is 0 Å². The third-order valence-electron chi connectivity index (χ3n) is 11.0. The van der Waals surface area contributed by atoms with E-state index in [9.17, 15) is 10.2 Å². The van der Waals surface area contributed by atoms with E-state index in [0.29, 0.717) is 35.9 Å². The molecule has 0 radical (unpaired) electrons. The maximum Gasteiger partial charge on any atom is 0.194 e. The van der Waals surface area contributed by atoms with E-state index in [1.54, 1.807) is 0 Å². The third-order valence-corrected chi connectivity index (χ3v) is 11.0. The van der Waals surface area contributed by atoms with Crippen LogP contribution in [0.2, 0.25) is 0 Å². The van der Waals surface area contributed by atoms with Crippen molar-refractivity contribution < 1.29 is 14.7 Å². The molecule has 6 aliphatic rings. The summed E-state index contributed by atoms with van der Waals surface area (Å²) in [4.78, 5) is 2.51. The minimum Gasteiger partial charge on any atom is -0.392 e. The van der Waals surface area contributed by atoms with Gasteiger partial charge in [-0.3, -0.25) is 4.48 Å². The van der Waals surface area contributed by atoms with Crippen LogP contribution in [-0.4, -0.2) is 58.7 Å². The summed E-state index contributed by atoms with van der Waals surface area (Å²) in [6.07, 6.45) is 10.6. The zero-order valence-electron chi connectivity index (χ0n) is 20.3. The van der Waals surface area contributed by atoms with E-state index >= 15 is 0 Å². The molecular formula is C28H43N2O2+. The summed E-state index contributed by atoms with van der Waals surface area (Å²) >= 11 is 0. The number of nitrogens with zero attached hydrogens (tertiary/aromatic N) is 2. The molecular weight excluding hydrogens is 396 g/mol. The number of anilines is 1. The molecule has 5 aliphatic heterocycles. The quantitative estimate of drug-likeness (QED) is 0.465. The van der Waals surface area contributed by atoms with Crippen molar-refractivity contribution in [3.8, 4) is 0 Å². The first-order valence-corrected chi connectivity index (χ1v) is 13.6. The van der Waals surface area contributed by atoms with E-state index in [0.717, 1.165) is 23.9 Å². The Bertz CT molecular complexity index is 875. The van der Waals surface area contributed by atoms with Crippen LogP contribution in [0, 0.1) is 17.8 Å². The molecule has 1 aromatic rings. The Morgan fingerprint density at radius 2 is 1.78 bits per heavy atom. The first-order chi connectivity index (χ1) is 15.5. The molecule has 7 rings (SSSR count). The topological polar surface area (TPSA) is 43.7 Å². The van der Waals surface area contributed by atoms with Gasteiger partial charge in [0.05, 0.1) is 30.1 Å². The van der Waals surface area contributed by atoms with Crippen LogP contribution in [0.5, 0.6) is 0 Å². The van der Waals surface area contributed by atoms with Gasteiger partial charge in [-0.25, -0.2) is 0 Å². The minimum atomic E-state index is -0.273. The number of rotatable bonds is 8. The molecule has 1 aliphatic carbocycles. The van der Waals surface area contributed by atoms with E-state index in [2.05, 4.69) is 50.1 Å². The molecule has 0 aromatic heterocycles. The molecule has 4 saturated heterocycles. The van der Waals surface area contributed by atoms with Crippen molar-refractivity contribution >= 4 is 5.69 Å². The molecule has 176 valence electrons. The van der Waals surface area contributed by atoms with Crippen molar-refractivity contribution in [1.82, 2.24) is 0 Å². The zero-order chi connectivity index (χ0) is 22.3. The molecule has 1 saturated carbocycles. The summed E-state index contributed by atoms with van der Waals surface area (Å²) in [5, 5.41) is 24.1. The zero-order valence-corrected chi connectivity index (χ0v) is 20.3. The van der Waals surface area contributed by atoms with Crippen LogP contribution in [0.15, 0.2) is 24.3 Å². The number of hydrogen-bond acceptors (Lipinski definition) is 3. The van der Waals surface area contributed by atoms with Gasteiger partial charge in [-0.05, 0) is 36.8 Å². The molecule has 0 unspecified atom stereocenters. The smallest absolute Gasteiger partial charge is 0.194 e. The molecule has 5 heterocycles. The lowest BCUT2D eigenvalue weighted by Crippen LogP contribution is -2.83. The largest absolute Gasteiger partial charge is 0.392 e. The fourth-order valence-electron chi connectivity index (χ4n) is 10.0. The van der Waals surface area contributed by atoms with Gasteiger partial charge in [-0.2, -0.15) is 0 Å². The van der Waals surface area contributed by atoms with Crippen LogP contribution in [0.3, 0.4) is 0 Å². The van der Waals surface area contributed by atoms with Gasteiger partial charge in [0.2, 0.25) is 0 Å². The number of piperidine rings is 4. The highest BCUT2D eigenvalue weighted by Gasteiger charge is 2.82. The number of aliphatic hydroxyl groups excluding tert-OH is 2. The van der Waals surface area contributed by atoms with Gasteiger partial charge in [-0.15, -0.1) is 0 Å². The Labute approximate surface area is 194 Å². The molecule has 1 spiro atoms. The first kappa shape index (κ1) is 21.4. The van der Waals surface area contributed by atoms with Crippen molar-refractivity contribution in [1.29, 1.82) is 0 Å². The lowest BCUT2D eigenvalue weighted by molar-refractivity contribution is -1.04. The van der Waals surface area contributed by atoms with Crippen molar-refractivity contribution in [3.05, 3.63) is 29.8 Å². The van der Waals surface area contributed by atoms with E-state index in [-0.39, 0.29) is 17.7 Å².